The van der Waals surface area contributed by atoms with Crippen LogP contribution in [-0.4, -0.2) is 12.7 Å². The highest BCUT2D eigenvalue weighted by molar-refractivity contribution is 8.03. The highest BCUT2D eigenvalue weighted by Gasteiger charge is 2.39. The first-order chi connectivity index (χ1) is 24.2. The number of allylic oxidation sites excluding steroid dienone is 2. The maximum atomic E-state index is 13.6. The molecule has 2 nitrogen and oxygen atoms in total. The number of aryl methyl sites for hydroxylation is 1. The molecule has 0 amide bonds. The molecule has 5 aromatic carbocycles. The van der Waals surface area contributed by atoms with Gasteiger partial charge in [-0.25, -0.2) is 8.78 Å². The molecule has 1 aliphatic heterocycles. The lowest BCUT2D eigenvalue weighted by Crippen LogP contribution is -2.72. The van der Waals surface area contributed by atoms with E-state index in [1.807, 2.05) is 18.2 Å². The molecule has 0 aliphatic carbocycles. The van der Waals surface area contributed by atoms with Gasteiger partial charge in [0.25, 0.3) is 5.01 Å². The molecular weight excluding hydrogens is 657 g/mol. The molecule has 0 saturated heterocycles. The van der Waals surface area contributed by atoms with Crippen LogP contribution in [0.3, 0.4) is 0 Å². The first-order valence-electron chi connectivity index (χ1n) is 17.2. The van der Waals surface area contributed by atoms with Crippen LogP contribution in [0.15, 0.2) is 149 Å². The van der Waals surface area contributed by atoms with Crippen molar-refractivity contribution >= 4 is 67.6 Å². The summed E-state index contributed by atoms with van der Waals surface area (Å²) in [5.74, 6) is -0.433. The predicted molar refractivity (Wildman–Crippen MR) is 214 cm³/mol. The zero-order chi connectivity index (χ0) is 35.3. The molecule has 7 rings (SSSR count). The summed E-state index contributed by atoms with van der Waals surface area (Å²) in [5.41, 5.74) is 6.04. The van der Waals surface area contributed by atoms with Gasteiger partial charge in [-0.15, -0.1) is 5.31 Å². The minimum absolute atomic E-state index is 0.0874. The monoisotopic (exact) mass is 700 g/mol. The second-order valence-electron chi connectivity index (χ2n) is 13.6. The zero-order valence-electron chi connectivity index (χ0n) is 29.3. The molecule has 7 heteroatoms. The summed E-state index contributed by atoms with van der Waals surface area (Å²) in [4.78, 5) is 3.18. The van der Waals surface area contributed by atoms with E-state index in [9.17, 15) is 8.78 Å². The van der Waals surface area contributed by atoms with Crippen molar-refractivity contribution in [3.63, 3.8) is 0 Å². The van der Waals surface area contributed by atoms with Gasteiger partial charge in [-0.1, -0.05) is 141 Å². The van der Waals surface area contributed by atoms with Crippen molar-refractivity contribution in [1.29, 1.82) is 0 Å². The normalized spacial score (nSPS) is 13.9. The predicted octanol–water partition coefficient (Wildman–Crippen LogP) is 9.93. The fourth-order valence-corrected chi connectivity index (χ4v) is 9.80. The van der Waals surface area contributed by atoms with Gasteiger partial charge < -0.3 is 4.90 Å². The second kappa shape index (κ2) is 15.2. The number of hydrogen-bond donors (Lipinski definition) is 0. The molecule has 0 radical (unpaired) electrons. The Kier molecular flexibility index (Phi) is 10.8. The number of anilines is 1. The van der Waals surface area contributed by atoms with Crippen molar-refractivity contribution in [1.82, 2.24) is 0 Å². The Labute approximate surface area is 303 Å². The van der Waals surface area contributed by atoms with Gasteiger partial charge in [-0.2, -0.15) is 21.0 Å². The van der Waals surface area contributed by atoms with Crippen LogP contribution >= 0.6 is 23.1 Å². The number of halogens is 2. The van der Waals surface area contributed by atoms with Gasteiger partial charge in [-0.05, 0) is 50.3 Å². The highest BCUT2D eigenvalue weighted by Crippen LogP contribution is 2.46. The fraction of sp³-hybridized carbons (Fsp3) is 0.186. The molecule has 0 unspecified atom stereocenters. The van der Waals surface area contributed by atoms with Crippen LogP contribution in [0.25, 0.3) is 16.3 Å². The summed E-state index contributed by atoms with van der Waals surface area (Å²) in [7, 11) is 0. The van der Waals surface area contributed by atoms with E-state index in [2.05, 4.69) is 147 Å². The van der Waals surface area contributed by atoms with Crippen LogP contribution in [0, 0.1) is 11.6 Å². The van der Waals surface area contributed by atoms with Gasteiger partial charge in [0.15, 0.2) is 0 Å². The van der Waals surface area contributed by atoms with E-state index >= 15 is 0 Å². The van der Waals surface area contributed by atoms with Crippen molar-refractivity contribution in [2.24, 2.45) is 0 Å². The van der Waals surface area contributed by atoms with Crippen molar-refractivity contribution in [2.45, 2.75) is 51.4 Å². The van der Waals surface area contributed by atoms with Crippen LogP contribution in [-0.2, 0) is 6.54 Å². The Morgan fingerprint density at radius 2 is 1.26 bits per heavy atom. The molecule has 1 aromatic heterocycles. The minimum Gasteiger partial charge on any atom is -0.335 e. The SMILES string of the molecule is CC(C)(C)[B-](c1ccccc1)(c1ccccc1)c1ccccc1.CCN1/C(=C/C=C/c2sc3ccc(F)cc3[n+]2CC)Sc2ccc(F)cc21. The molecule has 2 heterocycles. The first kappa shape index (κ1) is 35.4. The molecular formula is C43H43BF2N2S2. The first-order valence-corrected chi connectivity index (χ1v) is 18.9. The fourth-order valence-electron chi connectivity index (χ4n) is 7.56. The number of rotatable bonds is 7. The van der Waals surface area contributed by atoms with Crippen molar-refractivity contribution < 1.29 is 13.3 Å². The molecule has 0 atom stereocenters. The average molecular weight is 701 g/mol. The number of fused-ring (bicyclic) bond motifs is 2. The molecule has 1 aliphatic rings. The van der Waals surface area contributed by atoms with E-state index in [4.69, 9.17) is 0 Å². The Bertz CT molecular complexity index is 2020. The number of hydrogen-bond acceptors (Lipinski definition) is 3. The summed E-state index contributed by atoms with van der Waals surface area (Å²) in [5, 5.41) is 2.23. The van der Waals surface area contributed by atoms with Gasteiger partial charge in [0.05, 0.1) is 16.9 Å². The Hall–Kier alpha value is -4.46. The minimum atomic E-state index is -1.06. The number of nitrogens with zero attached hydrogens (tertiary/aromatic N) is 2. The van der Waals surface area contributed by atoms with Crippen LogP contribution in [0.5, 0.6) is 0 Å². The third-order valence-electron chi connectivity index (χ3n) is 9.69. The molecule has 0 saturated carbocycles. The third-order valence-corrected chi connectivity index (χ3v) is 12.0. The van der Waals surface area contributed by atoms with Gasteiger partial charge in [0, 0.05) is 23.6 Å². The molecule has 254 valence electrons. The van der Waals surface area contributed by atoms with E-state index in [0.717, 1.165) is 43.9 Å². The quantitative estimate of drug-likeness (QED) is 0.121. The lowest BCUT2D eigenvalue weighted by atomic mass is 9.07. The van der Waals surface area contributed by atoms with E-state index in [1.165, 1.54) is 28.5 Å². The summed E-state index contributed by atoms with van der Waals surface area (Å²) in [6.07, 6.45) is 5.06. The summed E-state index contributed by atoms with van der Waals surface area (Å²) < 4.78 is 30.4. The smallest absolute Gasteiger partial charge is 0.262 e. The Morgan fingerprint density at radius 3 is 1.78 bits per heavy atom. The molecule has 0 N–H and O–H groups in total. The summed E-state index contributed by atoms with van der Waals surface area (Å²) in [6.45, 7) is 12.8. The second-order valence-corrected chi connectivity index (χ2v) is 15.7. The largest absolute Gasteiger partial charge is 0.335 e. The maximum absolute atomic E-state index is 13.6. The lowest BCUT2D eigenvalue weighted by Gasteiger charge is -2.54. The molecule has 50 heavy (non-hydrogen) atoms. The van der Waals surface area contributed by atoms with Gasteiger partial charge in [0.1, 0.15) is 22.9 Å². The molecule has 0 bridgehead atoms. The van der Waals surface area contributed by atoms with Gasteiger partial charge in [-0.3, -0.25) is 0 Å². The van der Waals surface area contributed by atoms with Crippen LogP contribution in [0.1, 0.15) is 39.6 Å². The third kappa shape index (κ3) is 6.94. The lowest BCUT2D eigenvalue weighted by molar-refractivity contribution is -0.665. The van der Waals surface area contributed by atoms with E-state index in [-0.39, 0.29) is 16.9 Å². The van der Waals surface area contributed by atoms with E-state index < -0.39 is 6.15 Å². The summed E-state index contributed by atoms with van der Waals surface area (Å²) in [6, 6.07) is 42.8. The van der Waals surface area contributed by atoms with Crippen molar-refractivity contribution in [2.75, 3.05) is 11.4 Å². The average Bonchev–Trinajstić information content (AvgIpc) is 3.65. The van der Waals surface area contributed by atoms with E-state index in [1.54, 1.807) is 35.2 Å². The number of thioether (sulfide) groups is 1. The number of aromatic nitrogens is 1. The van der Waals surface area contributed by atoms with Crippen LogP contribution in [0.2, 0.25) is 5.31 Å². The van der Waals surface area contributed by atoms with Gasteiger partial charge in [0.2, 0.25) is 5.52 Å². The highest BCUT2D eigenvalue weighted by atomic mass is 32.2. The Morgan fingerprint density at radius 1 is 0.720 bits per heavy atom. The maximum Gasteiger partial charge on any atom is 0.262 e. The van der Waals surface area contributed by atoms with E-state index in [0.29, 0.717) is 0 Å². The van der Waals surface area contributed by atoms with Gasteiger partial charge >= 0.3 is 0 Å². The van der Waals surface area contributed by atoms with Crippen molar-refractivity contribution in [3.8, 4) is 0 Å². The summed E-state index contributed by atoms with van der Waals surface area (Å²) >= 11 is 3.29. The number of thiazole rings is 1. The molecule has 0 spiro atoms. The standard InChI is InChI=1S/C22H24B.C21H19F2N2S2/c1-22(2,3)23(19-13-7-4-8-14-19,20-15-9-5-10-16-20)21-17-11-6-12-18-21;1-3-24-16-12-14(22)8-10-18(16)26-20(24)6-5-7-21-25(4-2)17-13-15(23)9-11-19(17)27-21/h4-18H,1-3H3;5-13H,3-4H2,1-2H3/q-1;+1. The molecule has 6 aromatic rings. The van der Waals surface area contributed by atoms with Crippen molar-refractivity contribution in [3.05, 3.63) is 161 Å². The Balaban J connectivity index is 0.000000175. The molecule has 0 fully saturated rings. The van der Waals surface area contributed by atoms with Crippen LogP contribution < -0.4 is 25.9 Å². The topological polar surface area (TPSA) is 7.12 Å². The van der Waals surface area contributed by atoms with Crippen LogP contribution in [0.4, 0.5) is 14.5 Å². The number of benzene rings is 5. The zero-order valence-corrected chi connectivity index (χ0v) is 30.9.